The lowest BCUT2D eigenvalue weighted by molar-refractivity contribution is -0.703. The Hall–Kier alpha value is -2.68. The molecule has 3 heterocycles. The minimum atomic E-state index is -0.155. The van der Waals surface area contributed by atoms with Gasteiger partial charge in [-0.3, -0.25) is 0 Å². The molecule has 1 aliphatic carbocycles. The highest BCUT2D eigenvalue weighted by Gasteiger charge is 2.49. The van der Waals surface area contributed by atoms with Crippen LogP contribution in [0.15, 0.2) is 36.9 Å². The number of imidazole rings is 1. The SMILES string of the molecule is C=C1c2cccc3nc(C(C)(C)C)n4c5cc6c(cc5[n+](c4c23)C1(CC)CC)C(C)(C)CC6(C)C. The van der Waals surface area contributed by atoms with Gasteiger partial charge in [0.15, 0.2) is 11.0 Å². The molecule has 0 unspecified atom stereocenters. The zero-order valence-electron chi connectivity index (χ0n) is 23.1. The number of fused-ring (bicyclic) bond motifs is 4. The molecule has 0 amide bonds. The summed E-state index contributed by atoms with van der Waals surface area (Å²) < 4.78 is 5.17. The lowest BCUT2D eigenvalue weighted by Crippen LogP contribution is -2.57. The Morgan fingerprint density at radius 2 is 1.63 bits per heavy atom. The fraction of sp³-hybridized carbons (Fsp3) is 0.500. The highest BCUT2D eigenvalue weighted by Crippen LogP contribution is 2.52. The maximum absolute atomic E-state index is 5.33. The molecule has 35 heavy (non-hydrogen) atoms. The van der Waals surface area contributed by atoms with Gasteiger partial charge in [-0.1, -0.05) is 81.0 Å². The number of allylic oxidation sites excluding steroid dienone is 1. The summed E-state index contributed by atoms with van der Waals surface area (Å²) in [6, 6.07) is 11.6. The smallest absolute Gasteiger partial charge is 0.213 e. The predicted molar refractivity (Wildman–Crippen MR) is 147 cm³/mol. The van der Waals surface area contributed by atoms with E-state index in [4.69, 9.17) is 11.6 Å². The van der Waals surface area contributed by atoms with Gasteiger partial charge >= 0.3 is 0 Å². The van der Waals surface area contributed by atoms with E-state index >= 15 is 0 Å². The van der Waals surface area contributed by atoms with Crippen molar-refractivity contribution in [3.63, 3.8) is 0 Å². The van der Waals surface area contributed by atoms with E-state index in [1.54, 1.807) is 0 Å². The molecule has 0 saturated carbocycles. The Bertz CT molecular complexity index is 1580. The van der Waals surface area contributed by atoms with Gasteiger partial charge in [0.1, 0.15) is 5.54 Å². The van der Waals surface area contributed by atoms with E-state index in [9.17, 15) is 0 Å². The third-order valence-corrected chi connectivity index (χ3v) is 9.22. The van der Waals surface area contributed by atoms with E-state index in [1.165, 1.54) is 50.8 Å². The standard InChI is InChI=1S/C32H40N3/c1-11-32(12-2)19(3)20-14-13-15-23-26(20)27-34(28(33-23)29(4,5)6)24-16-21-22(17-25(24)35(27)32)31(9,10)18-30(21,7)8/h13-17H,3,11-12,18H2,1-2,4-10H3/q+1. The van der Waals surface area contributed by atoms with E-state index in [0.717, 1.165) is 24.2 Å². The normalized spacial score (nSPS) is 19.9. The summed E-state index contributed by atoms with van der Waals surface area (Å²) in [6.45, 7) is 25.9. The Labute approximate surface area is 209 Å². The second-order valence-electron chi connectivity index (χ2n) is 13.4. The minimum Gasteiger partial charge on any atom is -0.213 e. The van der Waals surface area contributed by atoms with Crippen LogP contribution in [-0.4, -0.2) is 9.38 Å². The van der Waals surface area contributed by atoms with Gasteiger partial charge in [0.05, 0.1) is 10.9 Å². The van der Waals surface area contributed by atoms with Crippen molar-refractivity contribution < 1.29 is 4.57 Å². The van der Waals surface area contributed by atoms with Crippen LogP contribution in [0.25, 0.3) is 33.2 Å². The van der Waals surface area contributed by atoms with Gasteiger partial charge in [-0.25, -0.2) is 9.55 Å². The molecule has 2 aromatic carbocycles. The molecule has 1 aliphatic heterocycles. The molecule has 0 N–H and O–H groups in total. The van der Waals surface area contributed by atoms with E-state index in [0.29, 0.717) is 0 Å². The Morgan fingerprint density at radius 3 is 2.23 bits per heavy atom. The average Bonchev–Trinajstić information content (AvgIpc) is 3.21. The summed E-state index contributed by atoms with van der Waals surface area (Å²) in [7, 11) is 0. The molecule has 0 spiro atoms. The maximum Gasteiger partial charge on any atom is 0.299 e. The van der Waals surface area contributed by atoms with Crippen molar-refractivity contribution >= 4 is 33.2 Å². The second-order valence-corrected chi connectivity index (χ2v) is 13.4. The Morgan fingerprint density at radius 1 is 1.00 bits per heavy atom. The molecular weight excluding hydrogens is 426 g/mol. The lowest BCUT2D eigenvalue weighted by atomic mass is 9.77. The summed E-state index contributed by atoms with van der Waals surface area (Å²) in [5.74, 6) is 1.13. The van der Waals surface area contributed by atoms with Crippen LogP contribution in [0, 0.1) is 0 Å². The van der Waals surface area contributed by atoms with E-state index in [2.05, 4.69) is 102 Å². The molecule has 0 atom stereocenters. The first-order chi connectivity index (χ1) is 16.3. The van der Waals surface area contributed by atoms with Crippen LogP contribution < -0.4 is 4.57 Å². The number of nitrogens with zero attached hydrogens (tertiary/aromatic N) is 3. The highest BCUT2D eigenvalue weighted by molar-refractivity contribution is 6.04. The fourth-order valence-corrected chi connectivity index (χ4v) is 7.72. The van der Waals surface area contributed by atoms with Gasteiger partial charge in [0.2, 0.25) is 5.82 Å². The number of benzene rings is 2. The lowest BCUT2D eigenvalue weighted by Gasteiger charge is -2.35. The van der Waals surface area contributed by atoms with Crippen molar-refractivity contribution in [3.8, 4) is 0 Å². The van der Waals surface area contributed by atoms with Crippen molar-refractivity contribution in [2.45, 2.75) is 103 Å². The summed E-state index contributed by atoms with van der Waals surface area (Å²) in [4.78, 5) is 5.33. The quantitative estimate of drug-likeness (QED) is 0.277. The van der Waals surface area contributed by atoms with Gasteiger partial charge in [-0.2, -0.15) is 4.40 Å². The van der Waals surface area contributed by atoms with Crippen molar-refractivity contribution in [1.82, 2.24) is 9.38 Å². The highest BCUT2D eigenvalue weighted by atomic mass is 15.2. The van der Waals surface area contributed by atoms with Gasteiger partial charge in [-0.05, 0) is 65.0 Å². The molecule has 0 saturated heterocycles. The molecule has 0 radical (unpaired) electrons. The van der Waals surface area contributed by atoms with Gasteiger partial charge in [0, 0.05) is 11.0 Å². The van der Waals surface area contributed by atoms with E-state index in [-0.39, 0.29) is 21.8 Å². The molecule has 3 heteroatoms. The number of aromatic nitrogens is 3. The van der Waals surface area contributed by atoms with Gasteiger partial charge in [0.25, 0.3) is 5.65 Å². The molecule has 0 fully saturated rings. The van der Waals surface area contributed by atoms with E-state index < -0.39 is 0 Å². The van der Waals surface area contributed by atoms with Crippen LogP contribution in [0.1, 0.15) is 104 Å². The third-order valence-electron chi connectivity index (χ3n) is 9.22. The molecule has 6 rings (SSSR count). The average molecular weight is 467 g/mol. The van der Waals surface area contributed by atoms with Crippen LogP contribution in [0.5, 0.6) is 0 Å². The summed E-state index contributed by atoms with van der Waals surface area (Å²) in [5.41, 5.74) is 10.5. The van der Waals surface area contributed by atoms with Crippen LogP contribution in [-0.2, 0) is 21.8 Å². The predicted octanol–water partition coefficient (Wildman–Crippen LogP) is 7.73. The van der Waals surface area contributed by atoms with Gasteiger partial charge < -0.3 is 0 Å². The number of hydrogen-bond donors (Lipinski definition) is 0. The van der Waals surface area contributed by atoms with Crippen molar-refractivity contribution in [2.24, 2.45) is 0 Å². The van der Waals surface area contributed by atoms with E-state index in [1.807, 2.05) is 0 Å². The molecule has 3 nitrogen and oxygen atoms in total. The third kappa shape index (κ3) is 2.62. The Kier molecular flexibility index (Phi) is 4.26. The first-order valence-corrected chi connectivity index (χ1v) is 13.4. The summed E-state index contributed by atoms with van der Waals surface area (Å²) in [5, 5.41) is 1.25. The topological polar surface area (TPSA) is 21.2 Å². The molecule has 2 aliphatic rings. The van der Waals surface area contributed by atoms with Crippen molar-refractivity contribution in [1.29, 1.82) is 0 Å². The Balaban J connectivity index is 1.97. The van der Waals surface area contributed by atoms with Crippen LogP contribution >= 0.6 is 0 Å². The van der Waals surface area contributed by atoms with Gasteiger partial charge in [-0.15, -0.1) is 0 Å². The maximum atomic E-state index is 5.33. The number of rotatable bonds is 2. The van der Waals surface area contributed by atoms with Crippen molar-refractivity contribution in [3.05, 3.63) is 59.4 Å². The largest absolute Gasteiger partial charge is 0.299 e. The number of hydrogen-bond acceptors (Lipinski definition) is 1. The molecule has 2 aromatic heterocycles. The van der Waals surface area contributed by atoms with Crippen molar-refractivity contribution in [2.75, 3.05) is 0 Å². The molecule has 182 valence electrons. The molecule has 4 aromatic rings. The van der Waals surface area contributed by atoms with Crippen LogP contribution in [0.4, 0.5) is 0 Å². The molecule has 0 bridgehead atoms. The van der Waals surface area contributed by atoms with Crippen LogP contribution in [0.2, 0.25) is 0 Å². The summed E-state index contributed by atoms with van der Waals surface area (Å²) >= 11 is 0. The monoisotopic (exact) mass is 466 g/mol. The first kappa shape index (κ1) is 22.8. The zero-order valence-corrected chi connectivity index (χ0v) is 23.1. The first-order valence-electron chi connectivity index (χ1n) is 13.4. The zero-order chi connectivity index (χ0) is 25.3. The summed E-state index contributed by atoms with van der Waals surface area (Å²) in [6.07, 6.45) is 3.19. The van der Waals surface area contributed by atoms with Crippen LogP contribution in [0.3, 0.4) is 0 Å². The minimum absolute atomic E-state index is 0.0999. The fourth-order valence-electron chi connectivity index (χ4n) is 7.72. The molecular formula is C32H40N3+. The second kappa shape index (κ2) is 6.55.